The molecule has 5 nitrogen and oxygen atoms in total. The van der Waals surface area contributed by atoms with Gasteiger partial charge < -0.3 is 0 Å². The molecule has 0 N–H and O–H groups in total. The monoisotopic (exact) mass is 715 g/mol. The Balaban J connectivity index is 1.41. The molecule has 2 aromatic heterocycles. The Bertz CT molecular complexity index is 3050. The summed E-state index contributed by atoms with van der Waals surface area (Å²) in [6.07, 6.45) is 0. The second-order valence-electron chi connectivity index (χ2n) is 13.0. The van der Waals surface area contributed by atoms with Gasteiger partial charge in [0.05, 0.1) is 51.8 Å². The molecule has 0 radical (unpaired) electrons. The highest BCUT2D eigenvalue weighted by Gasteiger charge is 2.22. The van der Waals surface area contributed by atoms with Crippen molar-refractivity contribution in [2.45, 2.75) is 0 Å². The van der Waals surface area contributed by atoms with Crippen LogP contribution < -0.4 is 0 Å². The lowest BCUT2D eigenvalue weighted by molar-refractivity contribution is 0.448. The molecule has 55 heavy (non-hydrogen) atoms. The summed E-state index contributed by atoms with van der Waals surface area (Å²) < 4.78 is 42.7. The fourth-order valence-corrected chi connectivity index (χ4v) is 7.06. The van der Waals surface area contributed by atoms with Crippen LogP contribution in [0, 0.1) is 35.4 Å². The SMILES string of the molecule is [C-]#[N+]c1ccc(-c2nc3c(-c4ccccc4)cc4c(-c5cccc(-c6cc(F)c(F)c(F)c6)c5)nc5ccccc5c4c3nc2-c2ccc(C#N)cc2)cc1. The highest BCUT2D eigenvalue weighted by Crippen LogP contribution is 2.43. The van der Waals surface area contributed by atoms with Crippen molar-refractivity contribution in [3.05, 3.63) is 180 Å². The molecule has 0 spiro atoms. The molecule has 7 aromatic carbocycles. The highest BCUT2D eigenvalue weighted by atomic mass is 19.2. The average molecular weight is 716 g/mol. The fraction of sp³-hybridized carbons (Fsp3) is 0. The molecule has 9 rings (SSSR count). The molecule has 0 aliphatic carbocycles. The molecule has 0 amide bonds. The zero-order chi connectivity index (χ0) is 37.6. The first-order chi connectivity index (χ1) is 26.9. The maximum absolute atomic E-state index is 14.4. The van der Waals surface area contributed by atoms with Gasteiger partial charge in [0, 0.05) is 32.8 Å². The van der Waals surface area contributed by atoms with Crippen molar-refractivity contribution >= 4 is 38.4 Å². The van der Waals surface area contributed by atoms with Crippen LogP contribution in [0.5, 0.6) is 0 Å². The summed E-state index contributed by atoms with van der Waals surface area (Å²) in [4.78, 5) is 19.6. The second kappa shape index (κ2) is 13.4. The molecule has 0 aliphatic rings. The average Bonchev–Trinajstić information content (AvgIpc) is 3.24. The number of fused-ring (bicyclic) bond motifs is 5. The van der Waals surface area contributed by atoms with Crippen LogP contribution in [0.15, 0.2) is 146 Å². The van der Waals surface area contributed by atoms with Crippen molar-refractivity contribution in [1.82, 2.24) is 15.0 Å². The predicted molar refractivity (Wildman–Crippen MR) is 210 cm³/mol. The van der Waals surface area contributed by atoms with Gasteiger partial charge in [-0.2, -0.15) is 5.26 Å². The minimum absolute atomic E-state index is 0.189. The molecule has 8 heteroatoms. The summed E-state index contributed by atoms with van der Waals surface area (Å²) >= 11 is 0. The van der Waals surface area contributed by atoms with E-state index >= 15 is 0 Å². The third kappa shape index (κ3) is 5.79. The first kappa shape index (κ1) is 33.2. The van der Waals surface area contributed by atoms with Gasteiger partial charge in [-0.05, 0) is 64.7 Å². The van der Waals surface area contributed by atoms with Crippen LogP contribution in [0.2, 0.25) is 0 Å². The Morgan fingerprint density at radius 2 is 1.13 bits per heavy atom. The first-order valence-electron chi connectivity index (χ1n) is 17.3. The van der Waals surface area contributed by atoms with Crippen molar-refractivity contribution in [1.29, 1.82) is 5.26 Å². The molecular formula is C47H24F3N5. The Labute approximate surface area is 313 Å². The van der Waals surface area contributed by atoms with Gasteiger partial charge in [-0.3, -0.25) is 0 Å². The Hall–Kier alpha value is -7.68. The van der Waals surface area contributed by atoms with E-state index in [4.69, 9.17) is 21.5 Å². The number of nitrogens with zero attached hydrogens (tertiary/aromatic N) is 5. The zero-order valence-corrected chi connectivity index (χ0v) is 28.7. The van der Waals surface area contributed by atoms with Gasteiger partial charge in [0.2, 0.25) is 0 Å². The molecule has 258 valence electrons. The van der Waals surface area contributed by atoms with E-state index in [0.29, 0.717) is 56.0 Å². The summed E-state index contributed by atoms with van der Waals surface area (Å²) in [6.45, 7) is 7.49. The van der Waals surface area contributed by atoms with Crippen LogP contribution >= 0.6 is 0 Å². The van der Waals surface area contributed by atoms with Gasteiger partial charge in [-0.15, -0.1) is 0 Å². The molecule has 0 aliphatic heterocycles. The molecule has 0 saturated carbocycles. The minimum Gasteiger partial charge on any atom is -0.247 e. The van der Waals surface area contributed by atoms with Crippen LogP contribution in [-0.4, -0.2) is 15.0 Å². The summed E-state index contributed by atoms with van der Waals surface area (Å²) in [5, 5.41) is 12.0. The van der Waals surface area contributed by atoms with Crippen LogP contribution in [0.25, 0.3) is 93.6 Å². The lowest BCUT2D eigenvalue weighted by atomic mass is 9.92. The van der Waals surface area contributed by atoms with Gasteiger partial charge >= 0.3 is 0 Å². The molecule has 0 saturated heterocycles. The summed E-state index contributed by atoms with van der Waals surface area (Å²) in [7, 11) is 0. The van der Waals surface area contributed by atoms with Crippen molar-refractivity contribution in [3.8, 4) is 62.1 Å². The standard InChI is InChI=1S/C47H24F3N5/c1-52-34-20-18-30(19-21-34)44-45(29-16-14-27(26-51)15-17-29)55-47-41-35-12-5-6-13-40(35)53-43(37(41)25-36(46(47)54-44)28-8-3-2-4-9-28)32-11-7-10-31(22-32)33-23-38(48)42(50)39(49)24-33/h2-25H. The number of hydrogen-bond acceptors (Lipinski definition) is 4. The third-order valence-electron chi connectivity index (χ3n) is 9.70. The third-order valence-corrected chi connectivity index (χ3v) is 9.70. The molecular weight excluding hydrogens is 692 g/mol. The maximum Gasteiger partial charge on any atom is 0.194 e. The Morgan fingerprint density at radius 1 is 0.509 bits per heavy atom. The van der Waals surface area contributed by atoms with Crippen LogP contribution in [0.1, 0.15) is 5.56 Å². The lowest BCUT2D eigenvalue weighted by Crippen LogP contribution is -2.00. The number of para-hydroxylation sites is 1. The van der Waals surface area contributed by atoms with Crippen molar-refractivity contribution in [2.75, 3.05) is 0 Å². The number of nitriles is 1. The number of halogens is 3. The van der Waals surface area contributed by atoms with Gasteiger partial charge in [0.15, 0.2) is 23.1 Å². The smallest absolute Gasteiger partial charge is 0.194 e. The van der Waals surface area contributed by atoms with Crippen molar-refractivity contribution in [3.63, 3.8) is 0 Å². The maximum atomic E-state index is 14.4. The molecule has 2 heterocycles. The zero-order valence-electron chi connectivity index (χ0n) is 28.7. The highest BCUT2D eigenvalue weighted by molar-refractivity contribution is 6.24. The largest absolute Gasteiger partial charge is 0.247 e. The van der Waals surface area contributed by atoms with Gasteiger partial charge in [0.1, 0.15) is 0 Å². The topological polar surface area (TPSA) is 66.8 Å². The number of aromatic nitrogens is 3. The number of benzene rings is 7. The molecule has 0 fully saturated rings. The van der Waals surface area contributed by atoms with Gasteiger partial charge in [-0.1, -0.05) is 103 Å². The second-order valence-corrected chi connectivity index (χ2v) is 13.0. The first-order valence-corrected chi connectivity index (χ1v) is 17.3. The van der Waals surface area contributed by atoms with E-state index in [1.807, 2.05) is 84.9 Å². The van der Waals surface area contributed by atoms with E-state index in [0.717, 1.165) is 50.5 Å². The van der Waals surface area contributed by atoms with Gasteiger partial charge in [-0.25, -0.2) is 33.0 Å². The summed E-state index contributed by atoms with van der Waals surface area (Å²) in [6, 6.07) is 45.5. The Kier molecular flexibility index (Phi) is 8.07. The molecule has 0 unspecified atom stereocenters. The lowest BCUT2D eigenvalue weighted by Gasteiger charge is -2.18. The van der Waals surface area contributed by atoms with E-state index in [1.54, 1.807) is 42.5 Å². The minimum atomic E-state index is -1.52. The predicted octanol–water partition coefficient (Wildman–Crippen LogP) is 12.5. The summed E-state index contributed by atoms with van der Waals surface area (Å²) in [5.41, 5.74) is 9.34. The van der Waals surface area contributed by atoms with Crippen molar-refractivity contribution in [2.24, 2.45) is 0 Å². The van der Waals surface area contributed by atoms with Crippen LogP contribution in [0.4, 0.5) is 18.9 Å². The van der Waals surface area contributed by atoms with E-state index in [1.165, 1.54) is 0 Å². The normalized spacial score (nSPS) is 11.1. The van der Waals surface area contributed by atoms with E-state index in [-0.39, 0.29) is 5.56 Å². The van der Waals surface area contributed by atoms with E-state index in [2.05, 4.69) is 17.0 Å². The van der Waals surface area contributed by atoms with Gasteiger partial charge in [0.25, 0.3) is 0 Å². The number of pyridine rings is 1. The summed E-state index contributed by atoms with van der Waals surface area (Å²) in [5.74, 6) is -4.06. The van der Waals surface area contributed by atoms with Crippen molar-refractivity contribution < 1.29 is 13.2 Å². The van der Waals surface area contributed by atoms with Crippen LogP contribution in [0.3, 0.4) is 0 Å². The molecule has 0 bridgehead atoms. The molecule has 0 atom stereocenters. The fourth-order valence-electron chi connectivity index (χ4n) is 7.06. The van der Waals surface area contributed by atoms with E-state index in [9.17, 15) is 18.4 Å². The molecule has 9 aromatic rings. The Morgan fingerprint density at radius 3 is 1.82 bits per heavy atom. The van der Waals surface area contributed by atoms with E-state index < -0.39 is 17.5 Å². The number of rotatable bonds is 5. The van der Waals surface area contributed by atoms with Crippen LogP contribution in [-0.2, 0) is 0 Å². The quantitative estimate of drug-likeness (QED) is 0.101. The number of hydrogen-bond donors (Lipinski definition) is 0.